The number of carbonyl (C=O) groups excluding carboxylic acids is 1. The Morgan fingerprint density at radius 2 is 2.08 bits per heavy atom. The van der Waals surface area contributed by atoms with E-state index in [2.05, 4.69) is 29.3 Å². The highest BCUT2D eigenvalue weighted by Gasteiger charge is 2.37. The first-order valence-corrected chi connectivity index (χ1v) is 9.62. The van der Waals surface area contributed by atoms with Gasteiger partial charge in [0, 0.05) is 4.88 Å². The minimum absolute atomic E-state index is 0.0651. The minimum atomic E-state index is -0.0651. The fourth-order valence-electron chi connectivity index (χ4n) is 2.45. The van der Waals surface area contributed by atoms with Crippen LogP contribution in [0.1, 0.15) is 29.3 Å². The number of thioether (sulfide) groups is 1. The smallest absolute Gasteiger partial charge is 0.242 e. The largest absolute Gasteiger partial charge is 0.284 e. The lowest BCUT2D eigenvalue weighted by molar-refractivity contribution is -0.126. The Hall–Kier alpha value is -1.92. The third kappa shape index (κ3) is 3.76. The molecular formula is C18H19N3OS2. The second-order valence-corrected chi connectivity index (χ2v) is 7.66. The molecule has 0 aliphatic carbocycles. The molecule has 2 aromatic rings. The van der Waals surface area contributed by atoms with Gasteiger partial charge in [-0.2, -0.15) is 5.10 Å². The number of carbonyl (C=O) groups is 1. The van der Waals surface area contributed by atoms with E-state index in [1.807, 2.05) is 36.6 Å². The highest BCUT2D eigenvalue weighted by Crippen LogP contribution is 2.31. The average Bonchev–Trinajstić information content (AvgIpc) is 3.19. The number of thiophene rings is 1. The van der Waals surface area contributed by atoms with E-state index in [0.717, 1.165) is 16.9 Å². The van der Waals surface area contributed by atoms with Crippen molar-refractivity contribution in [2.24, 2.45) is 10.2 Å². The lowest BCUT2D eigenvalue weighted by atomic mass is 10.1. The van der Waals surface area contributed by atoms with Crippen LogP contribution in [0.5, 0.6) is 0 Å². The topological polar surface area (TPSA) is 45.0 Å². The van der Waals surface area contributed by atoms with Crippen LogP contribution in [0.3, 0.4) is 0 Å². The Bertz CT molecular complexity index is 768. The maximum Gasteiger partial charge on any atom is 0.242 e. The van der Waals surface area contributed by atoms with Crippen LogP contribution >= 0.6 is 23.1 Å². The van der Waals surface area contributed by atoms with Gasteiger partial charge in [-0.1, -0.05) is 49.0 Å². The van der Waals surface area contributed by atoms with E-state index in [-0.39, 0.29) is 11.2 Å². The molecule has 1 saturated heterocycles. The molecule has 24 heavy (non-hydrogen) atoms. The van der Waals surface area contributed by atoms with Crippen LogP contribution in [0.2, 0.25) is 0 Å². The summed E-state index contributed by atoms with van der Waals surface area (Å²) in [5.41, 5.74) is 2.31. The summed E-state index contributed by atoms with van der Waals surface area (Å²) in [7, 11) is 0. The Morgan fingerprint density at radius 3 is 2.79 bits per heavy atom. The summed E-state index contributed by atoms with van der Waals surface area (Å²) < 4.78 is 0. The zero-order valence-corrected chi connectivity index (χ0v) is 15.3. The van der Waals surface area contributed by atoms with Gasteiger partial charge in [0.25, 0.3) is 0 Å². The maximum absolute atomic E-state index is 12.6. The van der Waals surface area contributed by atoms with Gasteiger partial charge in [0.2, 0.25) is 5.91 Å². The molecule has 1 aromatic heterocycles. The molecular weight excluding hydrogens is 338 g/mol. The highest BCUT2D eigenvalue weighted by molar-refractivity contribution is 8.15. The summed E-state index contributed by atoms with van der Waals surface area (Å²) in [6.07, 6.45) is 2.52. The number of hydrogen-bond donors (Lipinski definition) is 0. The molecule has 1 aromatic carbocycles. The Kier molecular flexibility index (Phi) is 5.48. The summed E-state index contributed by atoms with van der Waals surface area (Å²) in [5, 5.41) is 11.1. The van der Waals surface area contributed by atoms with E-state index in [1.54, 1.807) is 22.5 Å². The van der Waals surface area contributed by atoms with Crippen LogP contribution in [0.4, 0.5) is 0 Å². The zero-order chi connectivity index (χ0) is 16.9. The van der Waals surface area contributed by atoms with Gasteiger partial charge in [-0.15, -0.1) is 16.4 Å². The molecule has 1 atom stereocenters. The SMILES string of the molecule is CCC1SC(=NN=Cc2cccs2)N(Cc2ccccc2C)C1=O. The predicted octanol–water partition coefficient (Wildman–Crippen LogP) is 4.30. The molecule has 124 valence electrons. The van der Waals surface area contributed by atoms with Crippen LogP contribution in [-0.4, -0.2) is 27.4 Å². The second-order valence-electron chi connectivity index (χ2n) is 5.51. The van der Waals surface area contributed by atoms with E-state index in [1.165, 1.54) is 17.3 Å². The first-order chi connectivity index (χ1) is 11.7. The molecule has 1 fully saturated rings. The average molecular weight is 358 g/mol. The van der Waals surface area contributed by atoms with Gasteiger partial charge < -0.3 is 0 Å². The molecule has 0 radical (unpaired) electrons. The van der Waals surface area contributed by atoms with Gasteiger partial charge in [-0.25, -0.2) is 0 Å². The Balaban J connectivity index is 1.82. The van der Waals surface area contributed by atoms with Crippen LogP contribution in [0.15, 0.2) is 52.0 Å². The number of nitrogens with zero attached hydrogens (tertiary/aromatic N) is 3. The Labute approximate surface area is 150 Å². The van der Waals surface area contributed by atoms with Gasteiger partial charge in [-0.3, -0.25) is 9.69 Å². The summed E-state index contributed by atoms with van der Waals surface area (Å²) >= 11 is 3.12. The van der Waals surface area contributed by atoms with Crippen molar-refractivity contribution in [3.05, 3.63) is 57.8 Å². The molecule has 1 amide bonds. The second kappa shape index (κ2) is 7.77. The standard InChI is InChI=1S/C18H19N3OS2/c1-3-16-17(22)21(12-14-8-5-4-7-13(14)2)18(24-16)20-19-11-15-9-6-10-23-15/h4-11,16H,3,12H2,1-2H3. The van der Waals surface area contributed by atoms with Crippen LogP contribution in [0, 0.1) is 6.92 Å². The number of hydrogen-bond acceptors (Lipinski definition) is 5. The highest BCUT2D eigenvalue weighted by atomic mass is 32.2. The van der Waals surface area contributed by atoms with Crippen molar-refractivity contribution >= 4 is 40.4 Å². The van der Waals surface area contributed by atoms with Gasteiger partial charge in [-0.05, 0) is 35.9 Å². The van der Waals surface area contributed by atoms with Gasteiger partial charge >= 0.3 is 0 Å². The molecule has 0 N–H and O–H groups in total. The number of aryl methyl sites for hydroxylation is 1. The molecule has 4 nitrogen and oxygen atoms in total. The first kappa shape index (κ1) is 16.9. The predicted molar refractivity (Wildman–Crippen MR) is 103 cm³/mol. The fraction of sp³-hybridized carbons (Fsp3) is 0.278. The van der Waals surface area contributed by atoms with E-state index >= 15 is 0 Å². The first-order valence-electron chi connectivity index (χ1n) is 7.86. The quantitative estimate of drug-likeness (QED) is 0.591. The third-order valence-corrected chi connectivity index (χ3v) is 5.99. The molecule has 1 aliphatic rings. The molecule has 1 unspecified atom stereocenters. The molecule has 6 heteroatoms. The van der Waals surface area contributed by atoms with E-state index in [4.69, 9.17) is 0 Å². The lowest BCUT2D eigenvalue weighted by Crippen LogP contribution is -2.31. The van der Waals surface area contributed by atoms with Crippen molar-refractivity contribution in [1.29, 1.82) is 0 Å². The van der Waals surface area contributed by atoms with Crippen molar-refractivity contribution in [3.8, 4) is 0 Å². The molecule has 3 rings (SSSR count). The van der Waals surface area contributed by atoms with E-state index in [0.29, 0.717) is 11.7 Å². The van der Waals surface area contributed by atoms with Crippen LogP contribution in [0.25, 0.3) is 0 Å². The third-order valence-electron chi connectivity index (χ3n) is 3.85. The monoisotopic (exact) mass is 357 g/mol. The van der Waals surface area contributed by atoms with Gasteiger partial charge in [0.05, 0.1) is 18.0 Å². The molecule has 0 spiro atoms. The summed E-state index contributed by atoms with van der Waals surface area (Å²) in [4.78, 5) is 15.4. The van der Waals surface area contributed by atoms with E-state index < -0.39 is 0 Å². The van der Waals surface area contributed by atoms with Gasteiger partial charge in [0.15, 0.2) is 5.17 Å². The van der Waals surface area contributed by atoms with E-state index in [9.17, 15) is 4.79 Å². The van der Waals surface area contributed by atoms with Gasteiger partial charge in [0.1, 0.15) is 0 Å². The van der Waals surface area contributed by atoms with Crippen molar-refractivity contribution < 1.29 is 4.79 Å². The van der Waals surface area contributed by atoms with Crippen molar-refractivity contribution in [2.75, 3.05) is 0 Å². The summed E-state index contributed by atoms with van der Waals surface area (Å²) in [6, 6.07) is 12.1. The fourth-order valence-corrected chi connectivity index (χ4v) is 4.05. The zero-order valence-electron chi connectivity index (χ0n) is 13.7. The number of amidine groups is 1. The number of rotatable bonds is 5. The lowest BCUT2D eigenvalue weighted by Gasteiger charge is -2.17. The molecule has 0 saturated carbocycles. The van der Waals surface area contributed by atoms with Crippen molar-refractivity contribution in [2.45, 2.75) is 32.1 Å². The van der Waals surface area contributed by atoms with Crippen molar-refractivity contribution in [3.63, 3.8) is 0 Å². The molecule has 1 aliphatic heterocycles. The molecule has 0 bridgehead atoms. The molecule has 2 heterocycles. The number of amides is 1. The van der Waals surface area contributed by atoms with Crippen LogP contribution < -0.4 is 0 Å². The summed E-state index contributed by atoms with van der Waals surface area (Å²) in [5.74, 6) is 0.121. The van der Waals surface area contributed by atoms with Crippen LogP contribution in [-0.2, 0) is 11.3 Å². The maximum atomic E-state index is 12.6. The Morgan fingerprint density at radius 1 is 1.25 bits per heavy atom. The minimum Gasteiger partial charge on any atom is -0.284 e. The normalized spacial score (nSPS) is 19.8. The number of benzene rings is 1. The summed E-state index contributed by atoms with van der Waals surface area (Å²) in [6.45, 7) is 4.63. The van der Waals surface area contributed by atoms with Crippen molar-refractivity contribution in [1.82, 2.24) is 4.90 Å².